The molecule has 1 aromatic heterocycles. The lowest BCUT2D eigenvalue weighted by molar-refractivity contribution is 0.370. The number of hydrogen-bond acceptors (Lipinski definition) is 2. The number of aryl methyl sites for hydroxylation is 1. The highest BCUT2D eigenvalue weighted by molar-refractivity contribution is 9.10. The van der Waals surface area contributed by atoms with Crippen LogP contribution in [0.1, 0.15) is 44.9 Å². The Kier molecular flexibility index (Phi) is 7.40. The zero-order valence-electron chi connectivity index (χ0n) is 11.1. The van der Waals surface area contributed by atoms with Crippen molar-refractivity contribution in [2.75, 3.05) is 6.54 Å². The predicted octanol–water partition coefficient (Wildman–Crippen LogP) is 4.86. The van der Waals surface area contributed by atoms with Gasteiger partial charge in [0.2, 0.25) is 0 Å². The van der Waals surface area contributed by atoms with E-state index in [2.05, 4.69) is 53.5 Å². The molecule has 98 valence electrons. The fourth-order valence-electron chi connectivity index (χ4n) is 1.99. The van der Waals surface area contributed by atoms with Gasteiger partial charge in [-0.25, -0.2) is 0 Å². The van der Waals surface area contributed by atoms with E-state index in [-0.39, 0.29) is 0 Å². The molecule has 1 heterocycles. The molecule has 3 heteroatoms. The van der Waals surface area contributed by atoms with Gasteiger partial charge in [0.15, 0.2) is 0 Å². The van der Waals surface area contributed by atoms with Gasteiger partial charge in [0.25, 0.3) is 0 Å². The number of halogens is 1. The lowest BCUT2D eigenvalue weighted by Gasteiger charge is -2.22. The molecule has 0 fully saturated rings. The van der Waals surface area contributed by atoms with Crippen molar-refractivity contribution in [3.63, 3.8) is 0 Å². The molecule has 0 spiro atoms. The third kappa shape index (κ3) is 5.54. The standard InChI is InChI=1S/C14H24BrNS/c1-4-9-16-13(11(2)3)6-5-7-14-12(15)8-10-17-14/h8,10-11,13,16H,4-7,9H2,1-3H3. The molecule has 0 aliphatic rings. The minimum atomic E-state index is 0.675. The van der Waals surface area contributed by atoms with E-state index in [1.807, 2.05) is 11.3 Å². The van der Waals surface area contributed by atoms with Crippen LogP contribution >= 0.6 is 27.3 Å². The lowest BCUT2D eigenvalue weighted by Crippen LogP contribution is -2.34. The Labute approximate surface area is 118 Å². The van der Waals surface area contributed by atoms with Crippen molar-refractivity contribution in [3.05, 3.63) is 20.8 Å². The van der Waals surface area contributed by atoms with E-state index < -0.39 is 0 Å². The van der Waals surface area contributed by atoms with Crippen molar-refractivity contribution >= 4 is 27.3 Å². The van der Waals surface area contributed by atoms with Crippen LogP contribution in [0.15, 0.2) is 15.9 Å². The number of rotatable bonds is 8. The van der Waals surface area contributed by atoms with Gasteiger partial charge in [0.05, 0.1) is 0 Å². The Hall–Kier alpha value is 0.140. The summed E-state index contributed by atoms with van der Waals surface area (Å²) in [5, 5.41) is 5.82. The molecule has 1 atom stereocenters. The first-order valence-electron chi connectivity index (χ1n) is 6.60. The Balaban J connectivity index is 2.29. The van der Waals surface area contributed by atoms with E-state index in [1.54, 1.807) is 0 Å². The Bertz CT molecular complexity index is 309. The third-order valence-electron chi connectivity index (χ3n) is 3.07. The smallest absolute Gasteiger partial charge is 0.0314 e. The van der Waals surface area contributed by atoms with Crippen LogP contribution in [0.2, 0.25) is 0 Å². The summed E-state index contributed by atoms with van der Waals surface area (Å²) in [6.07, 6.45) is 4.98. The fourth-order valence-corrected chi connectivity index (χ4v) is 3.58. The summed E-state index contributed by atoms with van der Waals surface area (Å²) >= 11 is 5.46. The maximum atomic E-state index is 3.66. The van der Waals surface area contributed by atoms with Gasteiger partial charge in [-0.05, 0) is 65.5 Å². The van der Waals surface area contributed by atoms with Gasteiger partial charge < -0.3 is 5.32 Å². The molecule has 0 radical (unpaired) electrons. The first-order valence-corrected chi connectivity index (χ1v) is 8.27. The first kappa shape index (κ1) is 15.2. The van der Waals surface area contributed by atoms with E-state index in [4.69, 9.17) is 0 Å². The highest BCUT2D eigenvalue weighted by Crippen LogP contribution is 2.24. The van der Waals surface area contributed by atoms with Crippen LogP contribution in [0.5, 0.6) is 0 Å². The molecule has 0 aromatic carbocycles. The number of hydrogen-bond donors (Lipinski definition) is 1. The second-order valence-corrected chi connectivity index (χ2v) is 6.74. The average molecular weight is 318 g/mol. The quantitative estimate of drug-likeness (QED) is 0.722. The van der Waals surface area contributed by atoms with Crippen molar-refractivity contribution in [2.45, 2.75) is 52.5 Å². The maximum absolute atomic E-state index is 3.66. The molecule has 0 aliphatic heterocycles. The first-order chi connectivity index (χ1) is 8.15. The maximum Gasteiger partial charge on any atom is 0.0314 e. The van der Waals surface area contributed by atoms with Gasteiger partial charge in [-0.1, -0.05) is 20.8 Å². The van der Waals surface area contributed by atoms with Crippen LogP contribution < -0.4 is 5.32 Å². The number of thiophene rings is 1. The summed E-state index contributed by atoms with van der Waals surface area (Å²) in [7, 11) is 0. The second-order valence-electron chi connectivity index (χ2n) is 4.89. The molecule has 0 saturated carbocycles. The second kappa shape index (κ2) is 8.28. The van der Waals surface area contributed by atoms with Gasteiger partial charge in [-0.15, -0.1) is 11.3 Å². The molecule has 0 aliphatic carbocycles. The normalized spacial score (nSPS) is 13.2. The zero-order chi connectivity index (χ0) is 12.7. The lowest BCUT2D eigenvalue weighted by atomic mass is 9.98. The Morgan fingerprint density at radius 2 is 2.18 bits per heavy atom. The molecular weight excluding hydrogens is 294 g/mol. The van der Waals surface area contributed by atoms with Crippen molar-refractivity contribution in [1.82, 2.24) is 5.32 Å². The van der Waals surface area contributed by atoms with Crippen LogP contribution in [0.4, 0.5) is 0 Å². The summed E-state index contributed by atoms with van der Waals surface area (Å²) in [6.45, 7) is 8.00. The SMILES string of the molecule is CCCNC(CCCc1sccc1Br)C(C)C. The minimum absolute atomic E-state index is 0.675. The predicted molar refractivity (Wildman–Crippen MR) is 81.9 cm³/mol. The van der Waals surface area contributed by atoms with Crippen LogP contribution in [-0.4, -0.2) is 12.6 Å². The highest BCUT2D eigenvalue weighted by atomic mass is 79.9. The molecule has 1 N–H and O–H groups in total. The topological polar surface area (TPSA) is 12.0 Å². The van der Waals surface area contributed by atoms with Gasteiger partial charge >= 0.3 is 0 Å². The van der Waals surface area contributed by atoms with Gasteiger partial charge in [-0.2, -0.15) is 0 Å². The van der Waals surface area contributed by atoms with Crippen molar-refractivity contribution in [1.29, 1.82) is 0 Å². The molecule has 1 nitrogen and oxygen atoms in total. The third-order valence-corrected chi connectivity index (χ3v) is 5.06. The zero-order valence-corrected chi connectivity index (χ0v) is 13.5. The van der Waals surface area contributed by atoms with E-state index in [1.165, 1.54) is 35.0 Å². The summed E-state index contributed by atoms with van der Waals surface area (Å²) in [4.78, 5) is 1.49. The van der Waals surface area contributed by atoms with Gasteiger partial charge in [0.1, 0.15) is 0 Å². The Morgan fingerprint density at radius 3 is 2.71 bits per heavy atom. The fraction of sp³-hybridized carbons (Fsp3) is 0.714. The van der Waals surface area contributed by atoms with Gasteiger partial charge in [-0.3, -0.25) is 0 Å². The summed E-state index contributed by atoms with van der Waals surface area (Å²) in [5.41, 5.74) is 0. The highest BCUT2D eigenvalue weighted by Gasteiger charge is 2.12. The molecule has 17 heavy (non-hydrogen) atoms. The molecule has 0 saturated heterocycles. The molecular formula is C14H24BrNS. The molecule has 1 aromatic rings. The largest absolute Gasteiger partial charge is 0.314 e. The Morgan fingerprint density at radius 1 is 1.41 bits per heavy atom. The van der Waals surface area contributed by atoms with E-state index in [9.17, 15) is 0 Å². The van der Waals surface area contributed by atoms with Crippen molar-refractivity contribution in [2.24, 2.45) is 5.92 Å². The van der Waals surface area contributed by atoms with E-state index in [0.717, 1.165) is 12.5 Å². The van der Waals surface area contributed by atoms with Crippen LogP contribution in [0.25, 0.3) is 0 Å². The van der Waals surface area contributed by atoms with E-state index >= 15 is 0 Å². The van der Waals surface area contributed by atoms with Crippen molar-refractivity contribution in [3.8, 4) is 0 Å². The van der Waals surface area contributed by atoms with E-state index in [0.29, 0.717) is 6.04 Å². The molecule has 0 amide bonds. The average Bonchev–Trinajstić information content (AvgIpc) is 2.69. The molecule has 0 bridgehead atoms. The summed E-state index contributed by atoms with van der Waals surface area (Å²) in [6, 6.07) is 2.82. The van der Waals surface area contributed by atoms with Gasteiger partial charge in [0, 0.05) is 15.4 Å². The summed E-state index contributed by atoms with van der Waals surface area (Å²) in [5.74, 6) is 0.730. The van der Waals surface area contributed by atoms with Crippen LogP contribution in [0, 0.1) is 5.92 Å². The molecule has 1 rings (SSSR count). The summed E-state index contributed by atoms with van der Waals surface area (Å²) < 4.78 is 1.28. The minimum Gasteiger partial charge on any atom is -0.314 e. The monoisotopic (exact) mass is 317 g/mol. The number of nitrogens with one attached hydrogen (secondary N) is 1. The van der Waals surface area contributed by atoms with Crippen LogP contribution in [-0.2, 0) is 6.42 Å². The molecule has 1 unspecified atom stereocenters. The van der Waals surface area contributed by atoms with Crippen LogP contribution in [0.3, 0.4) is 0 Å². The van der Waals surface area contributed by atoms with Crippen molar-refractivity contribution < 1.29 is 0 Å².